The summed E-state index contributed by atoms with van der Waals surface area (Å²) in [5.74, 6) is -0.0179. The van der Waals surface area contributed by atoms with Gasteiger partial charge in [0.15, 0.2) is 0 Å². The van der Waals surface area contributed by atoms with E-state index in [2.05, 4.69) is 5.32 Å². The molecule has 0 saturated heterocycles. The molecule has 2 atom stereocenters. The van der Waals surface area contributed by atoms with Crippen molar-refractivity contribution in [2.45, 2.75) is 44.7 Å². The molecule has 2 unspecified atom stereocenters. The van der Waals surface area contributed by atoms with E-state index in [0.29, 0.717) is 12.8 Å². The Morgan fingerprint density at radius 1 is 1.37 bits per heavy atom. The van der Waals surface area contributed by atoms with Crippen molar-refractivity contribution < 1.29 is 9.90 Å². The van der Waals surface area contributed by atoms with Gasteiger partial charge in [0, 0.05) is 12.5 Å². The number of aliphatic hydroxyl groups is 1. The fourth-order valence-electron chi connectivity index (χ4n) is 1.94. The van der Waals surface area contributed by atoms with Crippen LogP contribution in [-0.4, -0.2) is 29.7 Å². The lowest BCUT2D eigenvalue weighted by atomic mass is 10.1. The summed E-state index contributed by atoms with van der Waals surface area (Å²) in [5.41, 5.74) is 6.75. The Kier molecular flexibility index (Phi) is 7.15. The van der Waals surface area contributed by atoms with Gasteiger partial charge < -0.3 is 16.2 Å². The Hall–Kier alpha value is -1.39. The Morgan fingerprint density at radius 2 is 2.05 bits per heavy atom. The smallest absolute Gasteiger partial charge is 0.220 e. The molecule has 1 amide bonds. The van der Waals surface area contributed by atoms with Crippen molar-refractivity contribution in [3.8, 4) is 0 Å². The summed E-state index contributed by atoms with van der Waals surface area (Å²) >= 11 is 0. The second-order valence-electron chi connectivity index (χ2n) is 5.01. The Balaban J connectivity index is 2.33. The molecule has 0 aliphatic rings. The quantitative estimate of drug-likeness (QED) is 0.661. The van der Waals surface area contributed by atoms with Crippen molar-refractivity contribution in [2.75, 3.05) is 6.61 Å². The number of hydrogen-bond acceptors (Lipinski definition) is 3. The van der Waals surface area contributed by atoms with E-state index in [1.165, 1.54) is 0 Å². The van der Waals surface area contributed by atoms with Crippen LogP contribution in [-0.2, 0) is 11.2 Å². The van der Waals surface area contributed by atoms with Crippen LogP contribution in [0.5, 0.6) is 0 Å². The van der Waals surface area contributed by atoms with Crippen LogP contribution in [0.2, 0.25) is 0 Å². The van der Waals surface area contributed by atoms with Gasteiger partial charge in [0.1, 0.15) is 0 Å². The second-order valence-corrected chi connectivity index (χ2v) is 5.01. The van der Waals surface area contributed by atoms with Gasteiger partial charge in [-0.25, -0.2) is 0 Å². The molecule has 0 aromatic heterocycles. The maximum atomic E-state index is 11.7. The third-order valence-electron chi connectivity index (χ3n) is 2.97. The van der Waals surface area contributed by atoms with Gasteiger partial charge in [0.2, 0.25) is 5.91 Å². The zero-order chi connectivity index (χ0) is 14.1. The fourth-order valence-corrected chi connectivity index (χ4v) is 1.94. The van der Waals surface area contributed by atoms with E-state index in [1.807, 2.05) is 37.3 Å². The molecule has 0 bridgehead atoms. The Bertz CT molecular complexity index is 366. The van der Waals surface area contributed by atoms with Crippen molar-refractivity contribution in [1.29, 1.82) is 0 Å². The fraction of sp³-hybridized carbons (Fsp3) is 0.533. The van der Waals surface area contributed by atoms with E-state index in [1.54, 1.807) is 0 Å². The summed E-state index contributed by atoms with van der Waals surface area (Å²) in [6, 6.07) is 9.75. The minimum atomic E-state index is -0.217. The van der Waals surface area contributed by atoms with Crippen molar-refractivity contribution in [2.24, 2.45) is 5.73 Å². The normalized spacial score (nSPS) is 13.8. The maximum Gasteiger partial charge on any atom is 0.220 e. The molecular weight excluding hydrogens is 240 g/mol. The van der Waals surface area contributed by atoms with E-state index in [0.717, 1.165) is 18.4 Å². The molecule has 0 aliphatic heterocycles. The standard InChI is InChI=1S/C15H24N2O2/c1-12(16)6-5-9-15(19)17-14(11-18)10-13-7-3-2-4-8-13/h2-4,7-8,12,14,18H,5-6,9-11,16H2,1H3,(H,17,19). The highest BCUT2D eigenvalue weighted by Gasteiger charge is 2.11. The number of rotatable bonds is 8. The number of carbonyl (C=O) groups excluding carboxylic acids is 1. The topological polar surface area (TPSA) is 75.4 Å². The van der Waals surface area contributed by atoms with Gasteiger partial charge >= 0.3 is 0 Å². The van der Waals surface area contributed by atoms with Gasteiger partial charge in [0.05, 0.1) is 12.6 Å². The summed E-state index contributed by atoms with van der Waals surface area (Å²) in [5, 5.41) is 12.2. The van der Waals surface area contributed by atoms with E-state index in [4.69, 9.17) is 5.73 Å². The van der Waals surface area contributed by atoms with Gasteiger partial charge in [0.25, 0.3) is 0 Å². The Labute approximate surface area is 115 Å². The molecule has 1 aromatic carbocycles. The first-order valence-corrected chi connectivity index (χ1v) is 6.81. The summed E-state index contributed by atoms with van der Waals surface area (Å²) < 4.78 is 0. The maximum absolute atomic E-state index is 11.7. The van der Waals surface area contributed by atoms with Crippen LogP contribution in [0.4, 0.5) is 0 Å². The van der Waals surface area contributed by atoms with Crippen molar-refractivity contribution in [3.05, 3.63) is 35.9 Å². The first kappa shape index (κ1) is 15.7. The van der Waals surface area contributed by atoms with Gasteiger partial charge in [-0.05, 0) is 31.7 Å². The number of benzene rings is 1. The largest absolute Gasteiger partial charge is 0.394 e. The third-order valence-corrected chi connectivity index (χ3v) is 2.97. The monoisotopic (exact) mass is 264 g/mol. The molecule has 0 heterocycles. The molecule has 0 radical (unpaired) electrons. The first-order chi connectivity index (χ1) is 9.11. The van der Waals surface area contributed by atoms with E-state index < -0.39 is 0 Å². The second kappa shape index (κ2) is 8.67. The van der Waals surface area contributed by atoms with Gasteiger partial charge in [-0.15, -0.1) is 0 Å². The lowest BCUT2D eigenvalue weighted by molar-refractivity contribution is -0.122. The lowest BCUT2D eigenvalue weighted by Crippen LogP contribution is -2.39. The molecule has 0 fully saturated rings. The van der Waals surface area contributed by atoms with Crippen LogP contribution in [0.25, 0.3) is 0 Å². The average Bonchev–Trinajstić information content (AvgIpc) is 2.38. The third kappa shape index (κ3) is 6.94. The van der Waals surface area contributed by atoms with Crippen LogP contribution < -0.4 is 11.1 Å². The lowest BCUT2D eigenvalue weighted by Gasteiger charge is -2.16. The number of aliphatic hydroxyl groups excluding tert-OH is 1. The van der Waals surface area contributed by atoms with Crippen LogP contribution in [0.15, 0.2) is 30.3 Å². The summed E-state index contributed by atoms with van der Waals surface area (Å²) in [7, 11) is 0. The van der Waals surface area contributed by atoms with E-state index in [9.17, 15) is 9.90 Å². The van der Waals surface area contributed by atoms with Crippen molar-refractivity contribution in [1.82, 2.24) is 5.32 Å². The molecule has 1 rings (SSSR count). The Morgan fingerprint density at radius 3 is 2.63 bits per heavy atom. The predicted molar refractivity (Wildman–Crippen MR) is 76.7 cm³/mol. The van der Waals surface area contributed by atoms with Crippen LogP contribution in [0.1, 0.15) is 31.7 Å². The average molecular weight is 264 g/mol. The molecular formula is C15H24N2O2. The summed E-state index contributed by atoms with van der Waals surface area (Å²) in [4.78, 5) is 11.7. The summed E-state index contributed by atoms with van der Waals surface area (Å²) in [6.45, 7) is 1.89. The molecule has 4 nitrogen and oxygen atoms in total. The highest BCUT2D eigenvalue weighted by Crippen LogP contribution is 2.04. The van der Waals surface area contributed by atoms with E-state index in [-0.39, 0.29) is 24.6 Å². The molecule has 19 heavy (non-hydrogen) atoms. The SMILES string of the molecule is CC(N)CCCC(=O)NC(CO)Cc1ccccc1. The highest BCUT2D eigenvalue weighted by atomic mass is 16.3. The number of nitrogens with two attached hydrogens (primary N) is 1. The number of nitrogens with one attached hydrogen (secondary N) is 1. The first-order valence-electron chi connectivity index (χ1n) is 6.81. The zero-order valence-corrected chi connectivity index (χ0v) is 11.5. The number of hydrogen-bond donors (Lipinski definition) is 3. The molecule has 106 valence electrons. The molecule has 0 aliphatic carbocycles. The minimum absolute atomic E-state index is 0.0179. The zero-order valence-electron chi connectivity index (χ0n) is 11.5. The van der Waals surface area contributed by atoms with Crippen molar-refractivity contribution >= 4 is 5.91 Å². The van der Waals surface area contributed by atoms with Gasteiger partial charge in [-0.3, -0.25) is 4.79 Å². The molecule has 4 heteroatoms. The van der Waals surface area contributed by atoms with Crippen molar-refractivity contribution in [3.63, 3.8) is 0 Å². The highest BCUT2D eigenvalue weighted by molar-refractivity contribution is 5.76. The van der Waals surface area contributed by atoms with Crippen LogP contribution in [0, 0.1) is 0 Å². The molecule has 0 saturated carbocycles. The van der Waals surface area contributed by atoms with Crippen LogP contribution >= 0.6 is 0 Å². The minimum Gasteiger partial charge on any atom is -0.394 e. The summed E-state index contributed by atoms with van der Waals surface area (Å²) in [6.07, 6.45) is 2.74. The predicted octanol–water partition coefficient (Wildman–Crippen LogP) is 1.22. The molecule has 4 N–H and O–H groups in total. The molecule has 0 spiro atoms. The van der Waals surface area contributed by atoms with E-state index >= 15 is 0 Å². The molecule has 1 aromatic rings. The van der Waals surface area contributed by atoms with Gasteiger partial charge in [-0.1, -0.05) is 30.3 Å². The number of carbonyl (C=O) groups is 1. The van der Waals surface area contributed by atoms with Gasteiger partial charge in [-0.2, -0.15) is 0 Å². The van der Waals surface area contributed by atoms with Crippen LogP contribution in [0.3, 0.4) is 0 Å². The number of amides is 1.